The number of nitrogens with two attached hydrogens (primary N) is 2. The number of carbonyl (C=O) groups excluding carboxylic acids is 1. The Kier molecular flexibility index (Phi) is 7.60. The predicted octanol–water partition coefficient (Wildman–Crippen LogP) is 3.09. The maximum absolute atomic E-state index is 13.1. The van der Waals surface area contributed by atoms with Gasteiger partial charge in [-0.1, -0.05) is 40.5 Å². The van der Waals surface area contributed by atoms with Crippen LogP contribution in [0.25, 0.3) is 0 Å². The Morgan fingerprint density at radius 1 is 1.21 bits per heavy atom. The van der Waals surface area contributed by atoms with Gasteiger partial charge in [-0.25, -0.2) is 9.38 Å². The van der Waals surface area contributed by atoms with E-state index in [0.717, 1.165) is 0 Å². The summed E-state index contributed by atoms with van der Waals surface area (Å²) in [5.41, 5.74) is 13.2. The zero-order valence-corrected chi connectivity index (χ0v) is 16.4. The van der Waals surface area contributed by atoms with Crippen LogP contribution < -0.4 is 16.8 Å². The van der Waals surface area contributed by atoms with Gasteiger partial charge in [0, 0.05) is 26.9 Å². The van der Waals surface area contributed by atoms with Crippen molar-refractivity contribution < 1.29 is 14.0 Å². The van der Waals surface area contributed by atoms with Gasteiger partial charge in [0.25, 0.3) is 0 Å². The third kappa shape index (κ3) is 6.11. The second-order valence-corrected chi connectivity index (χ2v) is 6.43. The summed E-state index contributed by atoms with van der Waals surface area (Å²) < 4.78 is 13.1. The zero-order valence-electron chi connectivity index (χ0n) is 14.9. The molecule has 148 valence electrons. The third-order valence-corrected chi connectivity index (χ3v) is 4.22. The quantitative estimate of drug-likeness (QED) is 0.285. The minimum Gasteiger partial charge on any atom is -0.399 e. The van der Waals surface area contributed by atoms with Crippen LogP contribution >= 0.6 is 23.2 Å². The first-order valence-corrected chi connectivity index (χ1v) is 8.75. The lowest BCUT2D eigenvalue weighted by Crippen LogP contribution is -2.37. The highest BCUT2D eigenvalue weighted by Gasteiger charge is 2.13. The predicted molar refractivity (Wildman–Crippen MR) is 109 cm³/mol. The van der Waals surface area contributed by atoms with Gasteiger partial charge < -0.3 is 16.3 Å². The first kappa shape index (κ1) is 21.5. The summed E-state index contributed by atoms with van der Waals surface area (Å²) >= 11 is 12.2. The summed E-state index contributed by atoms with van der Waals surface area (Å²) in [7, 11) is 1.34. The molecule has 0 aliphatic heterocycles. The molecule has 0 aliphatic carbocycles. The Balaban J connectivity index is 2.03. The summed E-state index contributed by atoms with van der Waals surface area (Å²) in [4.78, 5) is 21.0. The molecule has 0 saturated carbocycles. The molecule has 0 atom stereocenters. The van der Waals surface area contributed by atoms with Gasteiger partial charge in [-0.2, -0.15) is 0 Å². The molecule has 2 rings (SSSR count). The van der Waals surface area contributed by atoms with E-state index in [1.807, 2.05) is 0 Å². The van der Waals surface area contributed by atoms with E-state index in [1.54, 1.807) is 12.1 Å². The van der Waals surface area contributed by atoms with Crippen LogP contribution in [0.3, 0.4) is 0 Å². The average molecular weight is 426 g/mol. The summed E-state index contributed by atoms with van der Waals surface area (Å²) in [6.45, 7) is 0.0566. The first-order valence-electron chi connectivity index (χ1n) is 7.99. The van der Waals surface area contributed by atoms with Crippen molar-refractivity contribution in [2.45, 2.75) is 13.0 Å². The van der Waals surface area contributed by atoms with Gasteiger partial charge in [0.1, 0.15) is 12.9 Å². The van der Waals surface area contributed by atoms with E-state index >= 15 is 0 Å². The van der Waals surface area contributed by atoms with Crippen molar-refractivity contribution >= 4 is 46.5 Å². The molecule has 0 unspecified atom stereocenters. The van der Waals surface area contributed by atoms with E-state index in [0.29, 0.717) is 32.6 Å². The van der Waals surface area contributed by atoms with Crippen molar-refractivity contribution in [1.82, 2.24) is 5.32 Å². The summed E-state index contributed by atoms with van der Waals surface area (Å²) in [5.74, 6) is -0.998. The molecule has 0 aliphatic rings. The van der Waals surface area contributed by atoms with E-state index in [2.05, 4.69) is 15.5 Å². The molecular weight excluding hydrogens is 408 g/mol. The average Bonchev–Trinajstić information content (AvgIpc) is 2.61. The minimum absolute atomic E-state index is 0.0566. The minimum atomic E-state index is -0.476. The lowest BCUT2D eigenvalue weighted by Gasteiger charge is -2.09. The largest absolute Gasteiger partial charge is 0.399 e. The van der Waals surface area contributed by atoms with E-state index in [1.165, 1.54) is 31.4 Å². The fourth-order valence-corrected chi connectivity index (χ4v) is 2.88. The second kappa shape index (κ2) is 9.91. The Morgan fingerprint density at radius 2 is 1.82 bits per heavy atom. The standard InChI is InChI=1S/C18H18Cl2FN5O2/c1-28-26-16(10-2-4-11(21)5-3-10)8-17(27)25-18(23)24-9-13-14(19)6-12(22)7-15(13)20/h2-7H,8-9,22H2,1H3,(H3,23,24,25,27)/b26-16+. The number of rotatable bonds is 6. The number of aliphatic imine (C=N–C) groups is 1. The van der Waals surface area contributed by atoms with Crippen LogP contribution in [0.5, 0.6) is 0 Å². The zero-order chi connectivity index (χ0) is 20.7. The van der Waals surface area contributed by atoms with Crippen LogP contribution in [0, 0.1) is 5.82 Å². The maximum atomic E-state index is 13.1. The number of hydrogen-bond donors (Lipinski definition) is 3. The number of nitrogens with one attached hydrogen (secondary N) is 1. The summed E-state index contributed by atoms with van der Waals surface area (Å²) in [5, 5.41) is 6.93. The van der Waals surface area contributed by atoms with Crippen LogP contribution in [0.1, 0.15) is 17.5 Å². The van der Waals surface area contributed by atoms with E-state index in [-0.39, 0.29) is 18.9 Å². The number of amides is 1. The van der Waals surface area contributed by atoms with E-state index in [9.17, 15) is 9.18 Å². The molecule has 28 heavy (non-hydrogen) atoms. The smallest absolute Gasteiger partial charge is 0.232 e. The van der Waals surface area contributed by atoms with Gasteiger partial charge in [-0.3, -0.25) is 10.1 Å². The number of oxime groups is 1. The maximum Gasteiger partial charge on any atom is 0.232 e. The normalized spacial score (nSPS) is 12.0. The number of guanidine groups is 1. The van der Waals surface area contributed by atoms with Crippen molar-refractivity contribution in [3.63, 3.8) is 0 Å². The van der Waals surface area contributed by atoms with Crippen LogP contribution in [-0.2, 0) is 16.2 Å². The fraction of sp³-hybridized carbons (Fsp3) is 0.167. The van der Waals surface area contributed by atoms with Crippen molar-refractivity contribution in [2.24, 2.45) is 15.9 Å². The first-order chi connectivity index (χ1) is 13.3. The van der Waals surface area contributed by atoms with E-state index < -0.39 is 11.7 Å². The Bertz CT molecular complexity index is 894. The topological polar surface area (TPSA) is 115 Å². The number of carbonyl (C=O) groups is 1. The lowest BCUT2D eigenvalue weighted by atomic mass is 10.1. The fourth-order valence-electron chi connectivity index (χ4n) is 2.26. The number of nitrogen functional groups attached to an aromatic ring is 1. The molecule has 0 bridgehead atoms. The van der Waals surface area contributed by atoms with Gasteiger partial charge in [0.2, 0.25) is 5.91 Å². The number of anilines is 1. The lowest BCUT2D eigenvalue weighted by molar-refractivity contribution is -0.118. The van der Waals surface area contributed by atoms with Gasteiger partial charge in [0.05, 0.1) is 18.7 Å². The second-order valence-electron chi connectivity index (χ2n) is 5.62. The number of nitrogens with zero attached hydrogens (tertiary/aromatic N) is 2. The molecule has 0 spiro atoms. The number of halogens is 3. The highest BCUT2D eigenvalue weighted by molar-refractivity contribution is 6.36. The molecule has 1 amide bonds. The van der Waals surface area contributed by atoms with Crippen molar-refractivity contribution in [3.8, 4) is 0 Å². The van der Waals surface area contributed by atoms with Gasteiger partial charge in [0.15, 0.2) is 5.96 Å². The Morgan fingerprint density at radius 3 is 2.39 bits per heavy atom. The monoisotopic (exact) mass is 425 g/mol. The van der Waals surface area contributed by atoms with Crippen LogP contribution in [0.4, 0.5) is 10.1 Å². The molecule has 0 radical (unpaired) electrons. The molecular formula is C18H18Cl2FN5O2. The summed E-state index contributed by atoms with van der Waals surface area (Å²) in [6.07, 6.45) is -0.154. The molecule has 0 aromatic heterocycles. The van der Waals surface area contributed by atoms with Gasteiger partial charge in [-0.05, 0) is 24.3 Å². The van der Waals surface area contributed by atoms with Gasteiger partial charge >= 0.3 is 0 Å². The molecule has 7 nitrogen and oxygen atoms in total. The number of hydrogen-bond acceptors (Lipinski definition) is 5. The highest BCUT2D eigenvalue weighted by atomic mass is 35.5. The van der Waals surface area contributed by atoms with Crippen LogP contribution in [0.2, 0.25) is 10.0 Å². The Labute approximate surface area is 171 Å². The number of benzene rings is 2. The molecule has 0 saturated heterocycles. The SMILES string of the molecule is CO/N=C(\CC(=O)NC(N)=NCc1c(Cl)cc(N)cc1Cl)c1ccc(F)cc1. The molecule has 10 heteroatoms. The molecule has 5 N–H and O–H groups in total. The molecule has 0 fully saturated rings. The molecule has 2 aromatic carbocycles. The van der Waals surface area contributed by atoms with Crippen LogP contribution in [-0.4, -0.2) is 24.7 Å². The highest BCUT2D eigenvalue weighted by Crippen LogP contribution is 2.28. The van der Waals surface area contributed by atoms with Crippen molar-refractivity contribution in [1.29, 1.82) is 0 Å². The Hall–Kier alpha value is -2.84. The molecule has 0 heterocycles. The van der Waals surface area contributed by atoms with Crippen molar-refractivity contribution in [3.05, 3.63) is 63.4 Å². The molecule has 2 aromatic rings. The van der Waals surface area contributed by atoms with Gasteiger partial charge in [-0.15, -0.1) is 0 Å². The van der Waals surface area contributed by atoms with Crippen LogP contribution in [0.15, 0.2) is 46.5 Å². The third-order valence-electron chi connectivity index (χ3n) is 3.55. The summed E-state index contributed by atoms with van der Waals surface area (Å²) in [6, 6.07) is 8.58. The van der Waals surface area contributed by atoms with Crippen molar-refractivity contribution in [2.75, 3.05) is 12.8 Å². The van der Waals surface area contributed by atoms with E-state index in [4.69, 9.17) is 39.5 Å².